The van der Waals surface area contributed by atoms with Gasteiger partial charge in [-0.25, -0.2) is 4.79 Å². The van der Waals surface area contributed by atoms with Crippen molar-refractivity contribution in [2.45, 2.75) is 51.7 Å². The van der Waals surface area contributed by atoms with Crippen LogP contribution in [0.3, 0.4) is 0 Å². The van der Waals surface area contributed by atoms with Crippen LogP contribution in [0.2, 0.25) is 0 Å². The van der Waals surface area contributed by atoms with Crippen molar-refractivity contribution in [2.75, 3.05) is 13.1 Å². The number of nitrogens with zero attached hydrogens (tertiary/aromatic N) is 4. The predicted octanol–water partition coefficient (Wildman–Crippen LogP) is 3.66. The average molecular weight is 387 g/mol. The Morgan fingerprint density at radius 2 is 1.82 bits per heavy atom. The molecule has 0 unspecified atom stereocenters. The molecule has 3 amide bonds. The molecule has 0 fully saturated rings. The molecule has 1 aliphatic rings. The second kappa shape index (κ2) is 9.23. The molecule has 1 aromatic carbocycles. The minimum atomic E-state index is -0.553. The maximum absolute atomic E-state index is 12.4. The quantitative estimate of drug-likeness (QED) is 0.240. The van der Waals surface area contributed by atoms with E-state index >= 15 is 0 Å². The molecule has 1 heterocycles. The Labute approximate surface area is 163 Å². The van der Waals surface area contributed by atoms with Crippen LogP contribution < -0.4 is 5.32 Å². The van der Waals surface area contributed by atoms with Crippen LogP contribution in [-0.2, 0) is 4.74 Å². The lowest BCUT2D eigenvalue weighted by Gasteiger charge is -2.20. The molecule has 0 spiro atoms. The third-order valence-corrected chi connectivity index (χ3v) is 4.12. The second-order valence-electron chi connectivity index (χ2n) is 7.55. The molecule has 1 N–H and O–H groups in total. The molecule has 0 saturated heterocycles. The van der Waals surface area contributed by atoms with Crippen LogP contribution in [-0.4, -0.2) is 47.5 Å². The van der Waals surface area contributed by atoms with E-state index in [4.69, 9.17) is 10.3 Å². The van der Waals surface area contributed by atoms with E-state index < -0.39 is 17.7 Å². The van der Waals surface area contributed by atoms with Crippen LogP contribution in [0.25, 0.3) is 10.4 Å². The summed E-state index contributed by atoms with van der Waals surface area (Å²) in [6, 6.07) is 6.11. The number of amides is 3. The summed E-state index contributed by atoms with van der Waals surface area (Å²) in [6.45, 7) is 5.82. The average Bonchev–Trinajstić information content (AvgIpc) is 2.85. The van der Waals surface area contributed by atoms with Gasteiger partial charge in [-0.3, -0.25) is 14.5 Å². The van der Waals surface area contributed by atoms with Gasteiger partial charge in [0.05, 0.1) is 17.2 Å². The van der Waals surface area contributed by atoms with Crippen molar-refractivity contribution >= 4 is 17.9 Å². The number of benzene rings is 1. The van der Waals surface area contributed by atoms with Gasteiger partial charge in [0.2, 0.25) is 0 Å². The Morgan fingerprint density at radius 3 is 2.36 bits per heavy atom. The van der Waals surface area contributed by atoms with E-state index in [0.29, 0.717) is 36.9 Å². The summed E-state index contributed by atoms with van der Waals surface area (Å²) in [5, 5.41) is 6.38. The fourth-order valence-electron chi connectivity index (χ4n) is 2.88. The van der Waals surface area contributed by atoms with Crippen LogP contribution >= 0.6 is 0 Å². The first-order chi connectivity index (χ1) is 13.2. The number of azide groups is 1. The van der Waals surface area contributed by atoms with Gasteiger partial charge >= 0.3 is 6.09 Å². The standard InChI is InChI=1S/C19H25N5O4/c1-19(2,3)28-18(27)21-11-7-6-8-13(22-23-20)12-24-16(25)14-9-4-5-10-15(14)17(24)26/h4-5,9-10,13H,6-8,11-12H2,1-3H3,(H,21,27)/t13-/m0/s1. The zero-order valence-electron chi connectivity index (χ0n) is 16.3. The number of ether oxygens (including phenoxy) is 1. The van der Waals surface area contributed by atoms with E-state index in [1.165, 1.54) is 0 Å². The lowest BCUT2D eigenvalue weighted by atomic mass is 10.1. The third kappa shape index (κ3) is 5.72. The van der Waals surface area contributed by atoms with Crippen molar-refractivity contribution < 1.29 is 19.1 Å². The maximum Gasteiger partial charge on any atom is 0.407 e. The fourth-order valence-corrected chi connectivity index (χ4v) is 2.88. The van der Waals surface area contributed by atoms with Crippen molar-refractivity contribution in [2.24, 2.45) is 5.11 Å². The maximum atomic E-state index is 12.4. The Bertz CT molecular complexity index is 761. The van der Waals surface area contributed by atoms with Crippen molar-refractivity contribution in [3.05, 3.63) is 45.8 Å². The molecular formula is C19H25N5O4. The highest BCUT2D eigenvalue weighted by atomic mass is 16.6. The molecular weight excluding hydrogens is 362 g/mol. The number of carbonyl (C=O) groups is 3. The summed E-state index contributed by atoms with van der Waals surface area (Å²) >= 11 is 0. The highest BCUT2D eigenvalue weighted by molar-refractivity contribution is 6.21. The van der Waals surface area contributed by atoms with Crippen LogP contribution in [0, 0.1) is 0 Å². The van der Waals surface area contributed by atoms with Gasteiger partial charge < -0.3 is 10.1 Å². The summed E-state index contributed by atoms with van der Waals surface area (Å²) in [5.74, 6) is -0.740. The number of fused-ring (bicyclic) bond motifs is 1. The fraction of sp³-hybridized carbons (Fsp3) is 0.526. The topological polar surface area (TPSA) is 124 Å². The molecule has 150 valence electrons. The highest BCUT2D eigenvalue weighted by Crippen LogP contribution is 2.23. The van der Waals surface area contributed by atoms with Crippen molar-refractivity contribution in [1.29, 1.82) is 0 Å². The van der Waals surface area contributed by atoms with Gasteiger partial charge in [-0.2, -0.15) is 0 Å². The molecule has 0 bridgehead atoms. The van der Waals surface area contributed by atoms with E-state index in [2.05, 4.69) is 15.3 Å². The number of hydrogen-bond acceptors (Lipinski definition) is 5. The van der Waals surface area contributed by atoms with Gasteiger partial charge in [0.1, 0.15) is 5.60 Å². The van der Waals surface area contributed by atoms with E-state index in [-0.39, 0.29) is 18.4 Å². The van der Waals surface area contributed by atoms with E-state index in [1.807, 2.05) is 0 Å². The molecule has 2 rings (SSSR count). The molecule has 28 heavy (non-hydrogen) atoms. The molecule has 1 aromatic rings. The SMILES string of the molecule is CC(C)(C)OC(=O)NCCCC[C@@H](CN1C(=O)c2ccccc2C1=O)N=[N+]=[N-]. The Balaban J connectivity index is 1.82. The van der Waals surface area contributed by atoms with Gasteiger partial charge in [-0.05, 0) is 51.3 Å². The molecule has 9 nitrogen and oxygen atoms in total. The second-order valence-corrected chi connectivity index (χ2v) is 7.55. The van der Waals surface area contributed by atoms with Gasteiger partial charge in [0.15, 0.2) is 0 Å². The van der Waals surface area contributed by atoms with Crippen molar-refractivity contribution in [1.82, 2.24) is 10.2 Å². The van der Waals surface area contributed by atoms with Crippen molar-refractivity contribution in [3.8, 4) is 0 Å². The molecule has 1 atom stereocenters. The summed E-state index contributed by atoms with van der Waals surface area (Å²) in [5.41, 5.74) is 8.98. The van der Waals surface area contributed by atoms with Crippen LogP contribution in [0.5, 0.6) is 0 Å². The van der Waals surface area contributed by atoms with Crippen LogP contribution in [0.1, 0.15) is 60.7 Å². The lowest BCUT2D eigenvalue weighted by molar-refractivity contribution is 0.0524. The van der Waals surface area contributed by atoms with Gasteiger partial charge in [0, 0.05) is 18.0 Å². The Hall–Kier alpha value is -3.06. The van der Waals surface area contributed by atoms with Crippen LogP contribution in [0.4, 0.5) is 4.79 Å². The van der Waals surface area contributed by atoms with E-state index in [1.54, 1.807) is 45.0 Å². The van der Waals surface area contributed by atoms with E-state index in [9.17, 15) is 14.4 Å². The minimum Gasteiger partial charge on any atom is -0.444 e. The zero-order chi connectivity index (χ0) is 20.7. The normalized spacial score (nSPS) is 14.3. The largest absolute Gasteiger partial charge is 0.444 e. The molecule has 9 heteroatoms. The number of imide groups is 1. The zero-order valence-corrected chi connectivity index (χ0v) is 16.3. The van der Waals surface area contributed by atoms with Gasteiger partial charge in [0.25, 0.3) is 11.8 Å². The summed E-state index contributed by atoms with van der Waals surface area (Å²) in [4.78, 5) is 40.4. The molecule has 0 aliphatic carbocycles. The predicted molar refractivity (Wildman–Crippen MR) is 103 cm³/mol. The number of carbonyl (C=O) groups excluding carboxylic acids is 3. The highest BCUT2D eigenvalue weighted by Gasteiger charge is 2.36. The number of alkyl carbamates (subject to hydrolysis) is 1. The number of hydrogen-bond donors (Lipinski definition) is 1. The van der Waals surface area contributed by atoms with Crippen molar-refractivity contribution in [3.63, 3.8) is 0 Å². The summed E-state index contributed by atoms with van der Waals surface area (Å²) < 4.78 is 5.15. The molecule has 1 aliphatic heterocycles. The van der Waals surface area contributed by atoms with Gasteiger partial charge in [-0.15, -0.1) is 0 Å². The number of nitrogens with one attached hydrogen (secondary N) is 1. The van der Waals surface area contributed by atoms with Crippen LogP contribution in [0.15, 0.2) is 29.4 Å². The Morgan fingerprint density at radius 1 is 1.21 bits per heavy atom. The monoisotopic (exact) mass is 387 g/mol. The molecule has 0 aromatic heterocycles. The molecule has 0 saturated carbocycles. The summed E-state index contributed by atoms with van der Waals surface area (Å²) in [6.07, 6.45) is 1.32. The van der Waals surface area contributed by atoms with Gasteiger partial charge in [-0.1, -0.05) is 23.7 Å². The first-order valence-electron chi connectivity index (χ1n) is 9.19. The minimum absolute atomic E-state index is 0.0376. The smallest absolute Gasteiger partial charge is 0.407 e. The summed E-state index contributed by atoms with van der Waals surface area (Å²) in [7, 11) is 0. The first-order valence-corrected chi connectivity index (χ1v) is 9.19. The first kappa shape index (κ1) is 21.2. The third-order valence-electron chi connectivity index (χ3n) is 4.12. The molecule has 0 radical (unpaired) electrons. The number of unbranched alkanes of at least 4 members (excludes halogenated alkanes) is 1. The Kier molecular flexibility index (Phi) is 7.00. The number of rotatable bonds is 8. The van der Waals surface area contributed by atoms with E-state index in [0.717, 1.165) is 4.90 Å². The lowest BCUT2D eigenvalue weighted by Crippen LogP contribution is -2.36.